The molecule has 2 nitrogen and oxygen atoms in total. The molecule has 148 valence electrons. The molecular weight excluding hydrogens is 392 g/mol. The summed E-state index contributed by atoms with van der Waals surface area (Å²) in [6.07, 6.45) is 2.09. The number of hydrogen-bond donors (Lipinski definition) is 2. The third kappa shape index (κ3) is 5.34. The number of anilines is 1. The van der Waals surface area contributed by atoms with Crippen LogP contribution in [0.1, 0.15) is 16.7 Å². The first kappa shape index (κ1) is 21.3. The number of pyridine rings is 1. The smallest absolute Gasteiger partial charge is 0.124 e. The molecule has 0 unspecified atom stereocenters. The van der Waals surface area contributed by atoms with Gasteiger partial charge in [0.2, 0.25) is 0 Å². The Labute approximate surface area is 183 Å². The molecule has 0 aliphatic carbocycles. The van der Waals surface area contributed by atoms with Crippen LogP contribution in [-0.2, 0) is 0 Å². The summed E-state index contributed by atoms with van der Waals surface area (Å²) in [5, 5.41) is 1.11. The molecule has 3 aromatic carbocycles. The van der Waals surface area contributed by atoms with E-state index in [9.17, 15) is 0 Å². The van der Waals surface area contributed by atoms with Gasteiger partial charge in [0.25, 0.3) is 0 Å². The van der Waals surface area contributed by atoms with Crippen LogP contribution in [-0.4, -0.2) is 11.2 Å². The van der Waals surface area contributed by atoms with E-state index in [1.54, 1.807) is 11.8 Å². The van der Waals surface area contributed by atoms with Crippen molar-refractivity contribution < 1.29 is 0 Å². The minimum atomic E-state index is 0.560. The van der Waals surface area contributed by atoms with E-state index >= 15 is 0 Å². The zero-order valence-corrected chi connectivity index (χ0v) is 18.9. The van der Waals surface area contributed by atoms with Crippen LogP contribution in [0, 0.1) is 20.8 Å². The fraction of sp³-hybridized carbons (Fsp3) is 0.160. The molecule has 0 bridgehead atoms. The Kier molecular flexibility index (Phi) is 6.88. The quantitative estimate of drug-likeness (QED) is 0.269. The number of nitrogens with two attached hydrogens (primary N) is 1. The number of aromatic nitrogens is 1. The van der Waals surface area contributed by atoms with Crippen molar-refractivity contribution in [3.05, 3.63) is 83.4 Å². The van der Waals surface area contributed by atoms with Gasteiger partial charge in [-0.25, -0.2) is 4.98 Å². The summed E-state index contributed by atoms with van der Waals surface area (Å²) in [4.78, 5) is 6.71. The molecule has 1 heterocycles. The first-order valence-corrected chi connectivity index (χ1v) is 11.1. The molecular formula is C25H26N2S2. The maximum atomic E-state index is 5.70. The Bertz CT molecular complexity index is 1130. The summed E-state index contributed by atoms with van der Waals surface area (Å²) in [7, 11) is 0. The van der Waals surface area contributed by atoms with E-state index in [-0.39, 0.29) is 0 Å². The highest BCUT2D eigenvalue weighted by molar-refractivity contribution is 7.98. The van der Waals surface area contributed by atoms with E-state index in [1.165, 1.54) is 32.7 Å². The van der Waals surface area contributed by atoms with Crippen molar-refractivity contribution in [3.8, 4) is 11.1 Å². The number of rotatable bonds is 2. The van der Waals surface area contributed by atoms with Gasteiger partial charge in [0.05, 0.1) is 5.52 Å². The van der Waals surface area contributed by atoms with Gasteiger partial charge in [-0.1, -0.05) is 35.9 Å². The molecule has 4 rings (SSSR count). The van der Waals surface area contributed by atoms with E-state index in [1.807, 2.05) is 18.2 Å². The van der Waals surface area contributed by atoms with Crippen molar-refractivity contribution in [2.45, 2.75) is 30.6 Å². The van der Waals surface area contributed by atoms with Crippen molar-refractivity contribution in [1.29, 1.82) is 0 Å². The molecule has 0 saturated heterocycles. The lowest BCUT2D eigenvalue weighted by Gasteiger charge is -2.06. The Morgan fingerprint density at radius 3 is 2.21 bits per heavy atom. The highest BCUT2D eigenvalue weighted by atomic mass is 32.2. The van der Waals surface area contributed by atoms with E-state index in [0.717, 1.165) is 15.8 Å². The van der Waals surface area contributed by atoms with E-state index in [4.69, 9.17) is 5.73 Å². The average Bonchev–Trinajstić information content (AvgIpc) is 2.72. The molecule has 29 heavy (non-hydrogen) atoms. The topological polar surface area (TPSA) is 38.9 Å². The van der Waals surface area contributed by atoms with Crippen LogP contribution in [0.3, 0.4) is 0 Å². The number of benzene rings is 3. The summed E-state index contributed by atoms with van der Waals surface area (Å²) < 4.78 is 0. The number of fused-ring (bicyclic) bond motifs is 1. The Morgan fingerprint density at radius 1 is 0.828 bits per heavy atom. The minimum Gasteiger partial charge on any atom is -0.384 e. The van der Waals surface area contributed by atoms with Gasteiger partial charge in [-0.15, -0.1) is 24.4 Å². The second-order valence-corrected chi connectivity index (χ2v) is 8.45. The van der Waals surface area contributed by atoms with Crippen LogP contribution in [0.4, 0.5) is 5.82 Å². The predicted octanol–water partition coefficient (Wildman–Crippen LogP) is 7.11. The zero-order valence-electron chi connectivity index (χ0n) is 17.2. The Morgan fingerprint density at radius 2 is 1.52 bits per heavy atom. The highest BCUT2D eigenvalue weighted by Gasteiger charge is 2.02. The molecule has 1 aromatic heterocycles. The van der Waals surface area contributed by atoms with Crippen LogP contribution in [0.2, 0.25) is 0 Å². The van der Waals surface area contributed by atoms with Crippen LogP contribution in [0.15, 0.2) is 76.5 Å². The maximum Gasteiger partial charge on any atom is 0.124 e. The molecule has 0 spiro atoms. The third-order valence-corrected chi connectivity index (χ3v) is 6.18. The molecule has 0 fully saturated rings. The van der Waals surface area contributed by atoms with Crippen molar-refractivity contribution in [2.24, 2.45) is 0 Å². The lowest BCUT2D eigenvalue weighted by Crippen LogP contribution is -1.89. The third-order valence-electron chi connectivity index (χ3n) is 4.75. The van der Waals surface area contributed by atoms with Gasteiger partial charge in [-0.3, -0.25) is 0 Å². The summed E-state index contributed by atoms with van der Waals surface area (Å²) in [6, 6.07) is 23.0. The Balaban J connectivity index is 0.000000204. The molecule has 0 radical (unpaired) electrons. The van der Waals surface area contributed by atoms with E-state index in [2.05, 4.69) is 93.2 Å². The van der Waals surface area contributed by atoms with Crippen LogP contribution in [0.5, 0.6) is 0 Å². The number of thioether (sulfide) groups is 1. The largest absolute Gasteiger partial charge is 0.384 e. The lowest BCUT2D eigenvalue weighted by atomic mass is 10.0. The van der Waals surface area contributed by atoms with Crippen molar-refractivity contribution in [1.82, 2.24) is 4.98 Å². The Hall–Kier alpha value is -2.43. The highest BCUT2D eigenvalue weighted by Crippen LogP contribution is 2.27. The molecule has 0 atom stereocenters. The SMILES string of the molecule is CSc1cccc(-c2ccc3nc(N)ccc3c2)c1.Cc1cc(C)c(S)c(C)c1. The van der Waals surface area contributed by atoms with Crippen molar-refractivity contribution in [3.63, 3.8) is 0 Å². The van der Waals surface area contributed by atoms with Gasteiger partial charge >= 0.3 is 0 Å². The van der Waals surface area contributed by atoms with Crippen LogP contribution < -0.4 is 5.73 Å². The van der Waals surface area contributed by atoms with Gasteiger partial charge in [-0.05, 0) is 85.7 Å². The molecule has 0 saturated carbocycles. The van der Waals surface area contributed by atoms with Crippen LogP contribution >= 0.6 is 24.4 Å². The molecule has 0 aliphatic rings. The standard InChI is InChI=1S/C16H14N2S.C9H12S/c1-19-14-4-2-3-11(10-14)12-5-7-15-13(9-12)6-8-16(17)18-15;1-6-4-7(2)9(10)8(3)5-6/h2-10H,1H3,(H2,17,18);4-5,10H,1-3H3. The minimum absolute atomic E-state index is 0.560. The summed E-state index contributed by atoms with van der Waals surface area (Å²) >= 11 is 6.11. The molecule has 0 aliphatic heterocycles. The van der Waals surface area contributed by atoms with E-state index < -0.39 is 0 Å². The van der Waals surface area contributed by atoms with Gasteiger partial charge in [0.15, 0.2) is 0 Å². The van der Waals surface area contributed by atoms with Gasteiger partial charge < -0.3 is 5.73 Å². The fourth-order valence-corrected chi connectivity index (χ4v) is 3.88. The summed E-state index contributed by atoms with van der Waals surface area (Å²) in [5.74, 6) is 0.560. The first-order chi connectivity index (χ1) is 13.9. The number of aryl methyl sites for hydroxylation is 3. The van der Waals surface area contributed by atoms with Gasteiger partial charge in [0, 0.05) is 15.2 Å². The van der Waals surface area contributed by atoms with Gasteiger partial charge in [0.1, 0.15) is 5.82 Å². The second-order valence-electron chi connectivity index (χ2n) is 7.12. The monoisotopic (exact) mass is 418 g/mol. The number of nitrogen functional groups attached to an aromatic ring is 1. The van der Waals surface area contributed by atoms with Crippen molar-refractivity contribution >= 4 is 41.1 Å². The van der Waals surface area contributed by atoms with Crippen LogP contribution in [0.25, 0.3) is 22.0 Å². The number of hydrogen-bond acceptors (Lipinski definition) is 4. The summed E-state index contributed by atoms with van der Waals surface area (Å²) in [6.45, 7) is 6.28. The second kappa shape index (κ2) is 9.38. The van der Waals surface area contributed by atoms with E-state index in [0.29, 0.717) is 5.82 Å². The average molecular weight is 419 g/mol. The fourth-order valence-electron chi connectivity index (χ4n) is 3.30. The molecule has 4 aromatic rings. The summed E-state index contributed by atoms with van der Waals surface area (Å²) in [5.41, 5.74) is 12.9. The number of thiol groups is 1. The van der Waals surface area contributed by atoms with Gasteiger partial charge in [-0.2, -0.15) is 0 Å². The molecule has 0 amide bonds. The number of nitrogens with zero attached hydrogens (tertiary/aromatic N) is 1. The first-order valence-electron chi connectivity index (χ1n) is 9.45. The normalized spacial score (nSPS) is 10.5. The lowest BCUT2D eigenvalue weighted by molar-refractivity contribution is 1.20. The molecule has 4 heteroatoms. The maximum absolute atomic E-state index is 5.70. The predicted molar refractivity (Wildman–Crippen MR) is 131 cm³/mol. The zero-order chi connectivity index (χ0) is 21.0. The molecule has 2 N–H and O–H groups in total. The van der Waals surface area contributed by atoms with Crippen molar-refractivity contribution in [2.75, 3.05) is 12.0 Å².